The maximum Gasteiger partial charge on any atom is 0.408 e. The minimum atomic E-state index is -0.698. The number of nitrogens with zero attached hydrogens (tertiary/aromatic N) is 4. The fourth-order valence-corrected chi connectivity index (χ4v) is 7.75. The van der Waals surface area contributed by atoms with Gasteiger partial charge in [0.05, 0.1) is 48.1 Å². The van der Waals surface area contributed by atoms with Gasteiger partial charge in [0.25, 0.3) is 0 Å². The molecule has 4 atom stereocenters. The Hall–Kier alpha value is -5.66. The summed E-state index contributed by atoms with van der Waals surface area (Å²) in [5.41, 5.74) is 5.78. The van der Waals surface area contributed by atoms with E-state index in [2.05, 4.69) is 69.1 Å². The van der Waals surface area contributed by atoms with E-state index in [0.717, 1.165) is 71.0 Å². The van der Waals surface area contributed by atoms with Gasteiger partial charge in [-0.15, -0.1) is 0 Å². The monoisotopic (exact) mass is 794 g/mol. The van der Waals surface area contributed by atoms with E-state index < -0.39 is 24.3 Å². The third-order valence-electron chi connectivity index (χ3n) is 10.7. The van der Waals surface area contributed by atoms with Crippen LogP contribution < -0.4 is 10.6 Å². The van der Waals surface area contributed by atoms with Gasteiger partial charge >= 0.3 is 12.2 Å². The zero-order valence-corrected chi connectivity index (χ0v) is 34.9. The summed E-state index contributed by atoms with van der Waals surface area (Å²) in [6.07, 6.45) is 5.11. The second-order valence-electron chi connectivity index (χ2n) is 16.5. The number of nitrogens with one attached hydrogen (secondary N) is 4. The van der Waals surface area contributed by atoms with E-state index in [9.17, 15) is 19.2 Å². The maximum atomic E-state index is 13.7. The second kappa shape index (κ2) is 18.3. The Bertz CT molecular complexity index is 1890. The first-order valence-electron chi connectivity index (χ1n) is 20.6. The zero-order chi connectivity index (χ0) is 41.7. The number of aromatic nitrogens is 4. The lowest BCUT2D eigenvalue weighted by Gasteiger charge is -2.30. The summed E-state index contributed by atoms with van der Waals surface area (Å²) in [6.45, 7) is 15.9. The molecule has 6 rings (SSSR count). The molecule has 2 aromatic heterocycles. The fraction of sp³-hybridized carbons (Fsp3) is 0.500. The largest absolute Gasteiger partial charge is 0.447 e. The lowest BCUT2D eigenvalue weighted by molar-refractivity contribution is -0.136. The number of alkyl carbamates (subject to hydrolysis) is 2. The summed E-state index contributed by atoms with van der Waals surface area (Å²) in [4.78, 5) is 72.1. The molecule has 2 saturated heterocycles. The number of H-pyrrole nitrogens is 2. The van der Waals surface area contributed by atoms with Gasteiger partial charge in [0.15, 0.2) is 0 Å². The van der Waals surface area contributed by atoms with Crippen LogP contribution in [-0.2, 0) is 19.1 Å². The van der Waals surface area contributed by atoms with Gasteiger partial charge in [-0.05, 0) is 87.5 Å². The van der Waals surface area contributed by atoms with E-state index in [0.29, 0.717) is 13.1 Å². The number of aromatic amines is 2. The van der Waals surface area contributed by atoms with Crippen LogP contribution in [0.4, 0.5) is 9.59 Å². The number of hydrogen-bond acceptors (Lipinski definition) is 8. The molecular weight excluding hydrogens is 737 g/mol. The van der Waals surface area contributed by atoms with Crippen molar-refractivity contribution in [3.8, 4) is 33.6 Å². The molecular formula is C44H58N8O6. The van der Waals surface area contributed by atoms with Crippen molar-refractivity contribution in [1.29, 1.82) is 0 Å². The standard InChI is InChI=1S/C44H58N8O6/c1-25(2)37(49-43(55)57-27(5)6)41(53)51-21-9-11-35(51)39-45-23-33(47-39)31-17-13-29(14-18-31)30-15-19-32(20-16-30)34-24-46-40(48-34)36-12-10-22-52(36)42(54)38(26(3)4)50-44(56)58-28(7)8/h13-20,23-28,35-38H,9-12,21-22H2,1-8H3,(H,45,47)(H,46,48)(H,49,55)(H,50,56)/t35-,36-,37+,38+/m1/s1. The molecule has 4 heterocycles. The van der Waals surface area contributed by atoms with Crippen molar-refractivity contribution in [3.63, 3.8) is 0 Å². The van der Waals surface area contributed by atoms with Gasteiger partial charge in [0.2, 0.25) is 11.8 Å². The van der Waals surface area contributed by atoms with Gasteiger partial charge < -0.3 is 39.9 Å². The molecule has 58 heavy (non-hydrogen) atoms. The summed E-state index contributed by atoms with van der Waals surface area (Å²) < 4.78 is 10.5. The Morgan fingerprint density at radius 1 is 0.586 bits per heavy atom. The predicted molar refractivity (Wildman–Crippen MR) is 221 cm³/mol. The third kappa shape index (κ3) is 9.71. The van der Waals surface area contributed by atoms with E-state index in [1.54, 1.807) is 40.1 Å². The Morgan fingerprint density at radius 2 is 0.931 bits per heavy atom. The highest BCUT2D eigenvalue weighted by Crippen LogP contribution is 2.35. The van der Waals surface area contributed by atoms with Crippen LogP contribution in [0.15, 0.2) is 60.9 Å². The van der Waals surface area contributed by atoms with E-state index >= 15 is 0 Å². The second-order valence-corrected chi connectivity index (χ2v) is 16.5. The first-order valence-corrected chi connectivity index (χ1v) is 20.6. The van der Waals surface area contributed by atoms with Crippen LogP contribution in [0.2, 0.25) is 0 Å². The van der Waals surface area contributed by atoms with Gasteiger partial charge in [0.1, 0.15) is 23.7 Å². The van der Waals surface area contributed by atoms with Crippen molar-refractivity contribution in [3.05, 3.63) is 72.6 Å². The number of ether oxygens (including phenoxy) is 2. The lowest BCUT2D eigenvalue weighted by atomic mass is 10.0. The summed E-state index contributed by atoms with van der Waals surface area (Å²) in [5, 5.41) is 5.55. The average Bonchev–Trinajstić information content (AvgIpc) is 4.01. The summed E-state index contributed by atoms with van der Waals surface area (Å²) in [6, 6.07) is 14.7. The highest BCUT2D eigenvalue weighted by atomic mass is 16.6. The van der Waals surface area contributed by atoms with Gasteiger partial charge in [-0.3, -0.25) is 9.59 Å². The summed E-state index contributed by atoms with van der Waals surface area (Å²) in [5.74, 6) is 0.950. The molecule has 2 fully saturated rings. The number of carbonyl (C=O) groups is 4. The zero-order valence-electron chi connectivity index (χ0n) is 34.9. The highest BCUT2D eigenvalue weighted by molar-refractivity contribution is 5.87. The number of imidazole rings is 2. The van der Waals surface area contributed by atoms with Crippen molar-refractivity contribution in [1.82, 2.24) is 40.4 Å². The molecule has 310 valence electrons. The molecule has 0 unspecified atom stereocenters. The SMILES string of the molecule is CC(C)OC(=O)N[C@H](C(=O)N1CCC[C@@H]1c1ncc(-c2ccc(-c3ccc(-c4cnc([C@H]5CCCN5C(=O)[C@@H](NC(=O)OC(C)C)C(C)C)[nH]4)cc3)cc2)[nH]1)C(C)C. The Balaban J connectivity index is 1.09. The van der Waals surface area contributed by atoms with E-state index in [4.69, 9.17) is 19.4 Å². The molecule has 2 aliphatic rings. The molecule has 0 saturated carbocycles. The Morgan fingerprint density at radius 3 is 1.26 bits per heavy atom. The first kappa shape index (κ1) is 42.0. The molecule has 4 aromatic rings. The van der Waals surface area contributed by atoms with Crippen LogP contribution in [0.3, 0.4) is 0 Å². The number of benzene rings is 2. The normalized spacial score (nSPS) is 17.9. The average molecular weight is 795 g/mol. The van der Waals surface area contributed by atoms with Crippen LogP contribution in [0.5, 0.6) is 0 Å². The molecule has 0 spiro atoms. The maximum absolute atomic E-state index is 13.7. The van der Waals surface area contributed by atoms with Gasteiger partial charge in [-0.2, -0.15) is 0 Å². The summed E-state index contributed by atoms with van der Waals surface area (Å²) in [7, 11) is 0. The summed E-state index contributed by atoms with van der Waals surface area (Å²) >= 11 is 0. The molecule has 2 aromatic carbocycles. The molecule has 14 heteroatoms. The van der Waals surface area contributed by atoms with Crippen LogP contribution >= 0.6 is 0 Å². The number of hydrogen-bond donors (Lipinski definition) is 4. The molecule has 0 aliphatic carbocycles. The first-order chi connectivity index (χ1) is 27.7. The minimum absolute atomic E-state index is 0.114. The number of likely N-dealkylation sites (tertiary alicyclic amines) is 2. The van der Waals surface area contributed by atoms with Gasteiger partial charge in [0, 0.05) is 13.1 Å². The minimum Gasteiger partial charge on any atom is -0.447 e. The van der Waals surface area contributed by atoms with Gasteiger partial charge in [-0.25, -0.2) is 19.6 Å². The van der Waals surface area contributed by atoms with Crippen LogP contribution in [0.25, 0.3) is 33.6 Å². The molecule has 4 N–H and O–H groups in total. The van der Waals surface area contributed by atoms with Crippen molar-refractivity contribution < 1.29 is 28.7 Å². The number of rotatable bonds is 13. The van der Waals surface area contributed by atoms with E-state index in [1.165, 1.54) is 0 Å². The Kier molecular flexibility index (Phi) is 13.2. The van der Waals surface area contributed by atoms with Crippen molar-refractivity contribution in [2.45, 2.75) is 117 Å². The highest BCUT2D eigenvalue weighted by Gasteiger charge is 2.39. The quantitative estimate of drug-likeness (QED) is 0.106. The third-order valence-corrected chi connectivity index (χ3v) is 10.7. The van der Waals surface area contributed by atoms with Crippen molar-refractivity contribution in [2.24, 2.45) is 11.8 Å². The lowest BCUT2D eigenvalue weighted by Crippen LogP contribution is -2.51. The van der Waals surface area contributed by atoms with Crippen LogP contribution in [0, 0.1) is 11.8 Å². The van der Waals surface area contributed by atoms with Crippen LogP contribution in [0.1, 0.15) is 105 Å². The van der Waals surface area contributed by atoms with Crippen molar-refractivity contribution in [2.75, 3.05) is 13.1 Å². The fourth-order valence-electron chi connectivity index (χ4n) is 7.75. The van der Waals surface area contributed by atoms with Crippen molar-refractivity contribution >= 4 is 24.0 Å². The van der Waals surface area contributed by atoms with E-state index in [1.807, 2.05) is 37.5 Å². The van der Waals surface area contributed by atoms with E-state index in [-0.39, 0.29) is 47.9 Å². The van der Waals surface area contributed by atoms with Gasteiger partial charge in [-0.1, -0.05) is 76.2 Å². The number of amides is 4. The molecule has 14 nitrogen and oxygen atoms in total. The molecule has 2 aliphatic heterocycles. The smallest absolute Gasteiger partial charge is 0.408 e. The topological polar surface area (TPSA) is 175 Å². The molecule has 0 bridgehead atoms. The molecule has 4 amide bonds. The number of carbonyl (C=O) groups excluding carboxylic acids is 4. The Labute approximate surface area is 340 Å². The van der Waals surface area contributed by atoms with Crippen LogP contribution in [-0.4, -0.2) is 91.1 Å². The predicted octanol–water partition coefficient (Wildman–Crippen LogP) is 7.78. The molecule has 0 radical (unpaired) electrons.